The van der Waals surface area contributed by atoms with E-state index < -0.39 is 27.9 Å². The summed E-state index contributed by atoms with van der Waals surface area (Å²) in [5, 5.41) is 10.2. The van der Waals surface area contributed by atoms with Gasteiger partial charge in [-0.05, 0) is 36.4 Å². The number of hydrogen-bond donors (Lipinski definition) is 1. The van der Waals surface area contributed by atoms with E-state index in [1.807, 2.05) is 17.0 Å². The smallest absolute Gasteiger partial charge is 0.416 e. The standard InChI is InChI=1S/C20H22BrF3N2O4S/c21-16-4-2-5-18(12-16)30-14-17(27)13-25-7-9-26(10-8-25)31(28,29)19-6-1-3-15(11-19)20(22,23)24/h1-6,11-12,17,27H,7-10,13-14H2/t17-/m1/s1. The molecule has 0 spiro atoms. The molecule has 0 radical (unpaired) electrons. The van der Waals surface area contributed by atoms with Crippen molar-refractivity contribution in [2.24, 2.45) is 0 Å². The zero-order chi connectivity index (χ0) is 22.6. The lowest BCUT2D eigenvalue weighted by Gasteiger charge is -2.34. The van der Waals surface area contributed by atoms with Gasteiger partial charge in [0.25, 0.3) is 0 Å². The Bertz CT molecular complexity index is 996. The SMILES string of the molecule is O=S(=O)(c1cccc(C(F)(F)F)c1)N1CCN(C[C@@H](O)COc2cccc(Br)c2)CC1. The maximum Gasteiger partial charge on any atom is 0.416 e. The third-order valence-corrected chi connectivity index (χ3v) is 7.23. The van der Waals surface area contributed by atoms with Gasteiger partial charge in [0.2, 0.25) is 10.0 Å². The molecule has 1 fully saturated rings. The molecule has 31 heavy (non-hydrogen) atoms. The van der Waals surface area contributed by atoms with Gasteiger partial charge in [0.15, 0.2) is 0 Å². The van der Waals surface area contributed by atoms with E-state index in [-0.39, 0.29) is 24.6 Å². The van der Waals surface area contributed by atoms with Crippen LogP contribution in [0.5, 0.6) is 5.75 Å². The summed E-state index contributed by atoms with van der Waals surface area (Å²) < 4.78 is 71.8. The van der Waals surface area contributed by atoms with Gasteiger partial charge in [-0.25, -0.2) is 8.42 Å². The van der Waals surface area contributed by atoms with Crippen molar-refractivity contribution in [1.82, 2.24) is 9.21 Å². The number of aliphatic hydroxyl groups excluding tert-OH is 1. The van der Waals surface area contributed by atoms with Crippen LogP contribution in [0.1, 0.15) is 5.56 Å². The molecule has 6 nitrogen and oxygen atoms in total. The highest BCUT2D eigenvalue weighted by Gasteiger charge is 2.34. The van der Waals surface area contributed by atoms with Gasteiger partial charge in [0.1, 0.15) is 18.5 Å². The lowest BCUT2D eigenvalue weighted by Crippen LogP contribution is -2.50. The summed E-state index contributed by atoms with van der Waals surface area (Å²) in [6.07, 6.45) is -5.39. The number of nitrogens with zero attached hydrogens (tertiary/aromatic N) is 2. The second-order valence-electron chi connectivity index (χ2n) is 7.15. The van der Waals surface area contributed by atoms with Gasteiger partial charge in [0, 0.05) is 37.2 Å². The Morgan fingerprint density at radius 3 is 2.39 bits per heavy atom. The second kappa shape index (κ2) is 9.86. The summed E-state index contributed by atoms with van der Waals surface area (Å²) in [5.41, 5.74) is -0.999. The Hall–Kier alpha value is -1.66. The van der Waals surface area contributed by atoms with Crippen molar-refractivity contribution >= 4 is 26.0 Å². The molecule has 0 bridgehead atoms. The molecule has 170 valence electrons. The minimum Gasteiger partial charge on any atom is -0.491 e. The van der Waals surface area contributed by atoms with Crippen molar-refractivity contribution in [3.05, 3.63) is 58.6 Å². The first-order valence-electron chi connectivity index (χ1n) is 9.52. The van der Waals surface area contributed by atoms with Crippen LogP contribution in [0.25, 0.3) is 0 Å². The number of benzene rings is 2. The fourth-order valence-electron chi connectivity index (χ4n) is 3.23. The number of sulfonamides is 1. The highest BCUT2D eigenvalue weighted by Crippen LogP contribution is 2.31. The highest BCUT2D eigenvalue weighted by atomic mass is 79.9. The van der Waals surface area contributed by atoms with E-state index in [0.29, 0.717) is 31.5 Å². The van der Waals surface area contributed by atoms with Gasteiger partial charge in [-0.2, -0.15) is 17.5 Å². The van der Waals surface area contributed by atoms with Crippen molar-refractivity contribution in [2.45, 2.75) is 17.2 Å². The Labute approximate surface area is 187 Å². The van der Waals surface area contributed by atoms with Gasteiger partial charge < -0.3 is 9.84 Å². The molecule has 2 aromatic rings. The van der Waals surface area contributed by atoms with E-state index in [1.165, 1.54) is 10.4 Å². The monoisotopic (exact) mass is 522 g/mol. The molecule has 0 unspecified atom stereocenters. The molecule has 0 aliphatic carbocycles. The van der Waals surface area contributed by atoms with Crippen molar-refractivity contribution in [3.63, 3.8) is 0 Å². The van der Waals surface area contributed by atoms with Gasteiger partial charge >= 0.3 is 6.18 Å². The van der Waals surface area contributed by atoms with E-state index >= 15 is 0 Å². The predicted octanol–water partition coefficient (Wildman–Crippen LogP) is 3.21. The Morgan fingerprint density at radius 2 is 1.74 bits per heavy atom. The fourth-order valence-corrected chi connectivity index (χ4v) is 5.08. The molecule has 1 atom stereocenters. The summed E-state index contributed by atoms with van der Waals surface area (Å²) in [6, 6.07) is 11.0. The van der Waals surface area contributed by atoms with Gasteiger partial charge in [-0.3, -0.25) is 4.90 Å². The number of alkyl halides is 3. The normalized spacial score (nSPS) is 17.5. The van der Waals surface area contributed by atoms with Crippen LogP contribution in [0.4, 0.5) is 13.2 Å². The summed E-state index contributed by atoms with van der Waals surface area (Å²) in [7, 11) is -4.03. The average Bonchev–Trinajstić information content (AvgIpc) is 2.72. The van der Waals surface area contributed by atoms with Crippen molar-refractivity contribution in [2.75, 3.05) is 39.3 Å². The summed E-state index contributed by atoms with van der Waals surface area (Å²) in [5.74, 6) is 0.616. The fraction of sp³-hybridized carbons (Fsp3) is 0.400. The zero-order valence-corrected chi connectivity index (χ0v) is 18.8. The van der Waals surface area contributed by atoms with Crippen LogP contribution in [0.15, 0.2) is 57.9 Å². The highest BCUT2D eigenvalue weighted by molar-refractivity contribution is 9.10. The maximum absolute atomic E-state index is 12.9. The maximum atomic E-state index is 12.9. The molecule has 0 saturated carbocycles. The molecular formula is C20H22BrF3N2O4S. The van der Waals surface area contributed by atoms with Crippen molar-refractivity contribution in [3.8, 4) is 5.75 Å². The predicted molar refractivity (Wildman–Crippen MR) is 112 cm³/mol. The lowest BCUT2D eigenvalue weighted by molar-refractivity contribution is -0.137. The molecule has 1 aliphatic rings. The molecule has 1 saturated heterocycles. The first-order valence-corrected chi connectivity index (χ1v) is 11.8. The molecule has 0 amide bonds. The van der Waals surface area contributed by atoms with E-state index in [4.69, 9.17) is 4.74 Å². The Kier molecular flexibility index (Phi) is 7.63. The number of aliphatic hydroxyl groups is 1. The van der Waals surface area contributed by atoms with Crippen LogP contribution >= 0.6 is 15.9 Å². The first-order chi connectivity index (χ1) is 14.6. The Morgan fingerprint density at radius 1 is 1.06 bits per heavy atom. The zero-order valence-electron chi connectivity index (χ0n) is 16.4. The number of rotatable bonds is 7. The van der Waals surface area contributed by atoms with E-state index in [0.717, 1.165) is 16.6 Å². The molecule has 1 N–H and O–H groups in total. The third kappa shape index (κ3) is 6.42. The average molecular weight is 523 g/mol. The van der Waals surface area contributed by atoms with E-state index in [9.17, 15) is 26.7 Å². The van der Waals surface area contributed by atoms with Gasteiger partial charge in [-0.15, -0.1) is 0 Å². The Balaban J connectivity index is 1.53. The minimum absolute atomic E-state index is 0.0825. The lowest BCUT2D eigenvalue weighted by atomic mass is 10.2. The summed E-state index contributed by atoms with van der Waals surface area (Å²) in [6.45, 7) is 1.33. The molecule has 1 heterocycles. The largest absolute Gasteiger partial charge is 0.491 e. The molecular weight excluding hydrogens is 501 g/mol. The number of β-amino-alcohol motifs (C(OH)–C–C–N with tert-alkyl or cyclic N) is 1. The topological polar surface area (TPSA) is 70.1 Å². The van der Waals surface area contributed by atoms with Crippen molar-refractivity contribution in [1.29, 1.82) is 0 Å². The number of piperazine rings is 1. The molecule has 0 aromatic heterocycles. The molecule has 2 aromatic carbocycles. The molecule has 11 heteroatoms. The summed E-state index contributed by atoms with van der Waals surface area (Å²) in [4.78, 5) is 1.52. The van der Waals surface area contributed by atoms with Gasteiger partial charge in [-0.1, -0.05) is 28.1 Å². The van der Waals surface area contributed by atoms with Crippen LogP contribution in [-0.2, 0) is 16.2 Å². The van der Waals surface area contributed by atoms with Crippen LogP contribution in [0.2, 0.25) is 0 Å². The first kappa shape index (κ1) is 24.0. The minimum atomic E-state index is -4.61. The van der Waals surface area contributed by atoms with Crippen LogP contribution in [-0.4, -0.2) is 68.2 Å². The van der Waals surface area contributed by atoms with E-state index in [1.54, 1.807) is 12.1 Å². The van der Waals surface area contributed by atoms with Crippen LogP contribution < -0.4 is 4.74 Å². The molecule has 3 rings (SSSR count). The number of hydrogen-bond acceptors (Lipinski definition) is 5. The number of halogens is 4. The van der Waals surface area contributed by atoms with Crippen LogP contribution in [0, 0.1) is 0 Å². The van der Waals surface area contributed by atoms with E-state index in [2.05, 4.69) is 15.9 Å². The summed E-state index contributed by atoms with van der Waals surface area (Å²) >= 11 is 3.34. The van der Waals surface area contributed by atoms with Crippen LogP contribution in [0.3, 0.4) is 0 Å². The third-order valence-electron chi connectivity index (χ3n) is 4.84. The second-order valence-corrected chi connectivity index (χ2v) is 10.0. The quantitative estimate of drug-likeness (QED) is 0.604. The van der Waals surface area contributed by atoms with Gasteiger partial charge in [0.05, 0.1) is 10.5 Å². The van der Waals surface area contributed by atoms with Crippen molar-refractivity contribution < 1.29 is 31.4 Å². The number of ether oxygens (including phenoxy) is 1. The molecule has 1 aliphatic heterocycles.